The van der Waals surface area contributed by atoms with Crippen molar-refractivity contribution in [2.24, 2.45) is 0 Å². The minimum atomic E-state index is 0.677. The number of nitrogens with zero attached hydrogens (tertiary/aromatic N) is 3. The van der Waals surface area contributed by atoms with Crippen molar-refractivity contribution in [3.8, 4) is 21.3 Å². The van der Waals surface area contributed by atoms with Gasteiger partial charge in [-0.2, -0.15) is 0 Å². The van der Waals surface area contributed by atoms with Crippen LogP contribution in [0.5, 0.6) is 0 Å². The van der Waals surface area contributed by atoms with Crippen molar-refractivity contribution < 1.29 is 4.52 Å². The first kappa shape index (κ1) is 13.7. The maximum atomic E-state index is 5.36. The van der Waals surface area contributed by atoms with Gasteiger partial charge in [0, 0.05) is 11.8 Å². The van der Waals surface area contributed by atoms with Crippen LogP contribution in [0.25, 0.3) is 21.3 Å². The molecule has 0 atom stereocenters. The van der Waals surface area contributed by atoms with E-state index < -0.39 is 0 Å². The highest BCUT2D eigenvalue weighted by molar-refractivity contribution is 7.98. The van der Waals surface area contributed by atoms with Crippen LogP contribution in [0.4, 0.5) is 0 Å². The molecule has 0 aliphatic rings. The van der Waals surface area contributed by atoms with E-state index in [2.05, 4.69) is 20.3 Å². The molecule has 0 aromatic carbocycles. The molecule has 4 aromatic heterocycles. The lowest BCUT2D eigenvalue weighted by Crippen LogP contribution is -1.81. The van der Waals surface area contributed by atoms with Gasteiger partial charge < -0.3 is 4.52 Å². The number of aromatic amines is 1. The lowest BCUT2D eigenvalue weighted by atomic mass is 10.3. The molecule has 0 saturated heterocycles. The van der Waals surface area contributed by atoms with Crippen LogP contribution >= 0.6 is 34.4 Å². The van der Waals surface area contributed by atoms with E-state index in [0.29, 0.717) is 10.9 Å². The molecule has 0 fully saturated rings. The molecule has 0 unspecified atom stereocenters. The fourth-order valence-corrected chi connectivity index (χ4v) is 3.90. The van der Waals surface area contributed by atoms with E-state index in [-0.39, 0.29) is 0 Å². The second-order valence-corrected chi connectivity index (χ2v) is 7.23. The predicted octanol–water partition coefficient (Wildman–Crippen LogP) is 4.54. The number of H-pyrrole nitrogens is 1. The van der Waals surface area contributed by atoms with Crippen LogP contribution in [0.1, 0.15) is 5.69 Å². The van der Waals surface area contributed by atoms with Gasteiger partial charge in [-0.15, -0.1) is 27.8 Å². The third-order valence-corrected chi connectivity index (χ3v) is 5.53. The molecule has 4 aromatic rings. The average molecular weight is 346 g/mol. The lowest BCUT2D eigenvalue weighted by Gasteiger charge is -1.90. The zero-order valence-corrected chi connectivity index (χ0v) is 13.7. The monoisotopic (exact) mass is 346 g/mol. The summed E-state index contributed by atoms with van der Waals surface area (Å²) in [6.07, 6.45) is 0. The van der Waals surface area contributed by atoms with E-state index in [9.17, 15) is 0 Å². The fraction of sp³-hybridized carbons (Fsp3) is 0.0714. The molecule has 4 rings (SSSR count). The number of nitrogens with one attached hydrogen (secondary N) is 1. The number of thioether (sulfide) groups is 1. The molecule has 0 aliphatic heterocycles. The zero-order valence-electron chi connectivity index (χ0n) is 11.2. The van der Waals surface area contributed by atoms with Crippen molar-refractivity contribution in [1.82, 2.24) is 20.3 Å². The molecular weight excluding hydrogens is 336 g/mol. The fourth-order valence-electron chi connectivity index (χ4n) is 1.89. The van der Waals surface area contributed by atoms with Crippen molar-refractivity contribution in [3.05, 3.63) is 46.8 Å². The van der Waals surface area contributed by atoms with E-state index >= 15 is 0 Å². The summed E-state index contributed by atoms with van der Waals surface area (Å²) in [6.45, 7) is 0. The molecule has 1 N–H and O–H groups in total. The van der Waals surface area contributed by atoms with Crippen LogP contribution in [0.2, 0.25) is 0 Å². The quantitative estimate of drug-likeness (QED) is 0.537. The van der Waals surface area contributed by atoms with E-state index in [0.717, 1.165) is 27.0 Å². The smallest absolute Gasteiger partial charge is 0.209 e. The number of hydrogen-bond acceptors (Lipinski definition) is 7. The lowest BCUT2D eigenvalue weighted by molar-refractivity contribution is 0.427. The van der Waals surface area contributed by atoms with E-state index in [4.69, 9.17) is 4.52 Å². The molecule has 0 radical (unpaired) electrons. The van der Waals surface area contributed by atoms with Crippen molar-refractivity contribution in [3.63, 3.8) is 0 Å². The topological polar surface area (TPSA) is 67.6 Å². The number of hydrogen-bond donors (Lipinski definition) is 1. The molecule has 0 aliphatic carbocycles. The Bertz CT molecular complexity index is 776. The predicted molar refractivity (Wildman–Crippen MR) is 89.1 cm³/mol. The summed E-state index contributed by atoms with van der Waals surface area (Å²) in [5.74, 6) is 2.29. The van der Waals surface area contributed by atoms with Crippen LogP contribution in [0.3, 0.4) is 0 Å². The summed E-state index contributed by atoms with van der Waals surface area (Å²) in [5.41, 5.74) is 0.885. The summed E-state index contributed by atoms with van der Waals surface area (Å²) in [7, 11) is 0. The first-order valence-electron chi connectivity index (χ1n) is 6.47. The second-order valence-electron chi connectivity index (χ2n) is 4.39. The molecule has 4 heterocycles. The van der Waals surface area contributed by atoms with Gasteiger partial charge in [0.1, 0.15) is 0 Å². The van der Waals surface area contributed by atoms with Crippen molar-refractivity contribution in [1.29, 1.82) is 0 Å². The van der Waals surface area contributed by atoms with Gasteiger partial charge in [0.25, 0.3) is 0 Å². The minimum absolute atomic E-state index is 0.677. The molecule has 110 valence electrons. The van der Waals surface area contributed by atoms with E-state index in [1.54, 1.807) is 22.7 Å². The summed E-state index contributed by atoms with van der Waals surface area (Å²) in [6, 6.07) is 9.99. The summed E-state index contributed by atoms with van der Waals surface area (Å²) in [4.78, 5) is 6.64. The van der Waals surface area contributed by atoms with Crippen LogP contribution < -0.4 is 0 Å². The maximum Gasteiger partial charge on any atom is 0.209 e. The Hall–Kier alpha value is -1.90. The van der Waals surface area contributed by atoms with Gasteiger partial charge in [0.05, 0.1) is 15.4 Å². The van der Waals surface area contributed by atoms with Gasteiger partial charge in [0.15, 0.2) is 11.6 Å². The Morgan fingerprint density at radius 2 is 1.95 bits per heavy atom. The third kappa shape index (κ3) is 2.85. The van der Waals surface area contributed by atoms with Gasteiger partial charge in [-0.05, 0) is 22.9 Å². The molecular formula is C14H10N4OS3. The molecule has 8 heteroatoms. The molecule has 0 saturated carbocycles. The van der Waals surface area contributed by atoms with E-state index in [1.165, 1.54) is 11.8 Å². The Morgan fingerprint density at radius 1 is 1.14 bits per heavy atom. The van der Waals surface area contributed by atoms with Crippen LogP contribution in [0.15, 0.2) is 50.8 Å². The van der Waals surface area contributed by atoms with Gasteiger partial charge in [-0.1, -0.05) is 29.1 Å². The molecule has 22 heavy (non-hydrogen) atoms. The van der Waals surface area contributed by atoms with Gasteiger partial charge in [-0.25, -0.2) is 4.98 Å². The highest BCUT2D eigenvalue weighted by Gasteiger charge is 2.11. The van der Waals surface area contributed by atoms with Gasteiger partial charge in [-0.3, -0.25) is 5.10 Å². The van der Waals surface area contributed by atoms with Crippen LogP contribution in [-0.4, -0.2) is 20.3 Å². The summed E-state index contributed by atoms with van der Waals surface area (Å²) < 4.78 is 5.36. The third-order valence-electron chi connectivity index (χ3n) is 2.89. The highest BCUT2D eigenvalue weighted by Crippen LogP contribution is 2.28. The first-order chi connectivity index (χ1) is 10.9. The zero-order chi connectivity index (χ0) is 14.8. The molecule has 0 amide bonds. The second kappa shape index (κ2) is 6.07. The number of aromatic nitrogens is 4. The first-order valence-corrected chi connectivity index (χ1v) is 9.21. The van der Waals surface area contributed by atoms with Crippen LogP contribution in [0, 0.1) is 0 Å². The highest BCUT2D eigenvalue weighted by atomic mass is 32.2. The Balaban J connectivity index is 1.43. The maximum absolute atomic E-state index is 5.36. The standard InChI is InChI=1S/C14H10N4OS3/c1-3-11(20-5-1)10-7-9(18-19-10)8-22-14-15-13(16-17-14)12-4-2-6-21-12/h1-7H,8H2,(H,15,16,17). The largest absolute Gasteiger partial charge is 0.355 e. The Kier molecular flexibility index (Phi) is 3.79. The molecule has 0 bridgehead atoms. The number of rotatable bonds is 5. The summed E-state index contributed by atoms with van der Waals surface area (Å²) in [5, 5.41) is 16.0. The van der Waals surface area contributed by atoms with Crippen molar-refractivity contribution in [2.75, 3.05) is 0 Å². The summed E-state index contributed by atoms with van der Waals surface area (Å²) >= 11 is 4.81. The van der Waals surface area contributed by atoms with Gasteiger partial charge in [0.2, 0.25) is 5.16 Å². The van der Waals surface area contributed by atoms with Gasteiger partial charge >= 0.3 is 0 Å². The Morgan fingerprint density at radius 3 is 2.73 bits per heavy atom. The number of thiophene rings is 2. The minimum Gasteiger partial charge on any atom is -0.355 e. The van der Waals surface area contributed by atoms with Crippen molar-refractivity contribution >= 4 is 34.4 Å². The van der Waals surface area contributed by atoms with E-state index in [1.807, 2.05) is 41.1 Å². The van der Waals surface area contributed by atoms with Crippen molar-refractivity contribution in [2.45, 2.75) is 10.9 Å². The average Bonchev–Trinajstić information content (AvgIpc) is 3.33. The molecule has 0 spiro atoms. The normalized spacial score (nSPS) is 11.1. The Labute approximate surface area is 138 Å². The SMILES string of the molecule is c1csc(-c2nc(SCc3cc(-c4cccs4)on3)n[nH]2)c1. The molecule has 5 nitrogen and oxygen atoms in total. The van der Waals surface area contributed by atoms with Crippen LogP contribution in [-0.2, 0) is 5.75 Å².